The average Bonchev–Trinajstić information content (AvgIpc) is 2.50. The van der Waals surface area contributed by atoms with E-state index in [0.29, 0.717) is 0 Å². The van der Waals surface area contributed by atoms with Crippen molar-refractivity contribution >= 4 is 17.7 Å². The number of carbonyl (C=O) groups excluding carboxylic acids is 2. The maximum Gasteiger partial charge on any atom is 0.328 e. The summed E-state index contributed by atoms with van der Waals surface area (Å²) in [5.41, 5.74) is 5.61. The predicted molar refractivity (Wildman–Crippen MR) is 74.9 cm³/mol. The number of oxime groups is 1. The van der Waals surface area contributed by atoms with E-state index < -0.39 is 17.9 Å². The Hall–Kier alpha value is -2.64. The number of nitrogens with zero attached hydrogens (tertiary/aromatic N) is 2. The molecule has 0 fully saturated rings. The largest absolute Gasteiger partial charge is 0.467 e. The smallest absolute Gasteiger partial charge is 0.328 e. The van der Waals surface area contributed by atoms with Gasteiger partial charge in [0.1, 0.15) is 11.7 Å². The van der Waals surface area contributed by atoms with E-state index in [9.17, 15) is 9.59 Å². The van der Waals surface area contributed by atoms with Crippen LogP contribution in [-0.4, -0.2) is 41.1 Å². The minimum Gasteiger partial charge on any atom is -0.467 e. The summed E-state index contributed by atoms with van der Waals surface area (Å²) < 4.78 is 4.65. The Kier molecular flexibility index (Phi) is 5.65. The first kappa shape index (κ1) is 16.4. The molecule has 21 heavy (non-hydrogen) atoms. The minimum atomic E-state index is -0.803. The first-order chi connectivity index (χ1) is 9.92. The minimum absolute atomic E-state index is 0.0323. The molecule has 0 bridgehead atoms. The Morgan fingerprint density at radius 3 is 2.67 bits per heavy atom. The Morgan fingerprint density at radius 2 is 2.14 bits per heavy atom. The highest BCUT2D eigenvalue weighted by atomic mass is 16.5. The summed E-state index contributed by atoms with van der Waals surface area (Å²) in [6.45, 7) is 3.55. The molecule has 0 saturated carbocycles. The lowest BCUT2D eigenvalue weighted by molar-refractivity contribution is -0.144. The zero-order chi connectivity index (χ0) is 16.0. The van der Waals surface area contributed by atoms with Crippen LogP contribution in [0.3, 0.4) is 0 Å². The number of ether oxygens (including phenoxy) is 1. The Morgan fingerprint density at radius 1 is 1.48 bits per heavy atom. The molecule has 1 aromatic heterocycles. The van der Waals surface area contributed by atoms with Crippen LogP contribution in [0, 0.1) is 5.92 Å². The van der Waals surface area contributed by atoms with Crippen molar-refractivity contribution in [3.05, 3.63) is 29.6 Å². The summed E-state index contributed by atoms with van der Waals surface area (Å²) in [6, 6.07) is 2.19. The summed E-state index contributed by atoms with van der Waals surface area (Å²) in [5, 5.41) is 14.1. The third-order valence-electron chi connectivity index (χ3n) is 2.81. The van der Waals surface area contributed by atoms with Gasteiger partial charge in [0.25, 0.3) is 5.91 Å². The van der Waals surface area contributed by atoms with Crippen molar-refractivity contribution in [3.63, 3.8) is 0 Å². The molecule has 0 unspecified atom stereocenters. The molecule has 0 aliphatic carbocycles. The standard InChI is InChI=1S/C13H18N4O4/c1-7(2)9(13(19)21-3)16-12(18)8-5-4-6-15-10(8)11(14)17-20/h4-7,9,20H,1-3H3,(H2,14,17)(H,16,18)/t9-/m0/s1. The second-order valence-electron chi connectivity index (χ2n) is 4.60. The molecule has 114 valence electrons. The number of esters is 1. The number of methoxy groups -OCH3 is 1. The van der Waals surface area contributed by atoms with Crippen LogP contribution < -0.4 is 11.1 Å². The number of nitrogens with two attached hydrogens (primary N) is 1. The molecule has 1 atom stereocenters. The van der Waals surface area contributed by atoms with Crippen molar-refractivity contribution in [3.8, 4) is 0 Å². The number of amidine groups is 1. The zero-order valence-electron chi connectivity index (χ0n) is 12.0. The number of hydrogen-bond acceptors (Lipinski definition) is 6. The van der Waals surface area contributed by atoms with Crippen LogP contribution in [0.4, 0.5) is 0 Å². The van der Waals surface area contributed by atoms with E-state index in [0.717, 1.165) is 0 Å². The summed E-state index contributed by atoms with van der Waals surface area (Å²) >= 11 is 0. The maximum atomic E-state index is 12.3. The number of rotatable bonds is 5. The summed E-state index contributed by atoms with van der Waals surface area (Å²) in [7, 11) is 1.25. The van der Waals surface area contributed by atoms with Gasteiger partial charge in [0, 0.05) is 6.20 Å². The van der Waals surface area contributed by atoms with E-state index in [1.807, 2.05) is 0 Å². The van der Waals surface area contributed by atoms with Crippen molar-refractivity contribution < 1.29 is 19.5 Å². The normalized spacial score (nSPS) is 12.9. The van der Waals surface area contributed by atoms with E-state index in [-0.39, 0.29) is 23.0 Å². The van der Waals surface area contributed by atoms with E-state index in [1.54, 1.807) is 13.8 Å². The number of hydrogen-bond donors (Lipinski definition) is 3. The lowest BCUT2D eigenvalue weighted by Crippen LogP contribution is -2.45. The highest BCUT2D eigenvalue weighted by molar-refractivity contribution is 6.07. The number of amides is 1. The Labute approximate surface area is 122 Å². The fraction of sp³-hybridized carbons (Fsp3) is 0.385. The van der Waals surface area contributed by atoms with E-state index >= 15 is 0 Å². The maximum absolute atomic E-state index is 12.3. The number of nitrogens with one attached hydrogen (secondary N) is 1. The van der Waals surface area contributed by atoms with Crippen LogP contribution >= 0.6 is 0 Å². The summed E-state index contributed by atoms with van der Waals surface area (Å²) in [4.78, 5) is 27.8. The van der Waals surface area contributed by atoms with Crippen molar-refractivity contribution in [2.45, 2.75) is 19.9 Å². The number of carbonyl (C=O) groups is 2. The first-order valence-corrected chi connectivity index (χ1v) is 6.24. The summed E-state index contributed by atoms with van der Waals surface area (Å²) in [5.74, 6) is -1.56. The second kappa shape index (κ2) is 7.22. The first-order valence-electron chi connectivity index (χ1n) is 6.24. The van der Waals surface area contributed by atoms with Gasteiger partial charge >= 0.3 is 5.97 Å². The van der Waals surface area contributed by atoms with Crippen LogP contribution in [0.25, 0.3) is 0 Å². The van der Waals surface area contributed by atoms with Crippen LogP contribution in [-0.2, 0) is 9.53 Å². The highest BCUT2D eigenvalue weighted by Gasteiger charge is 2.26. The number of pyridine rings is 1. The number of aromatic nitrogens is 1. The third-order valence-corrected chi connectivity index (χ3v) is 2.81. The molecule has 1 heterocycles. The topological polar surface area (TPSA) is 127 Å². The quantitative estimate of drug-likeness (QED) is 0.232. The molecular weight excluding hydrogens is 276 g/mol. The van der Waals surface area contributed by atoms with Crippen LogP contribution in [0.1, 0.15) is 29.9 Å². The van der Waals surface area contributed by atoms with Crippen molar-refractivity contribution in [2.24, 2.45) is 16.8 Å². The highest BCUT2D eigenvalue weighted by Crippen LogP contribution is 2.09. The van der Waals surface area contributed by atoms with E-state index in [1.165, 1.54) is 25.4 Å². The van der Waals surface area contributed by atoms with Gasteiger partial charge in [-0.3, -0.25) is 9.78 Å². The average molecular weight is 294 g/mol. The van der Waals surface area contributed by atoms with Crippen molar-refractivity contribution in [1.82, 2.24) is 10.3 Å². The molecule has 0 spiro atoms. The molecular formula is C13H18N4O4. The van der Waals surface area contributed by atoms with Gasteiger partial charge in [0.15, 0.2) is 5.84 Å². The molecule has 0 aliphatic rings. The van der Waals surface area contributed by atoms with Crippen molar-refractivity contribution in [1.29, 1.82) is 0 Å². The second-order valence-corrected chi connectivity index (χ2v) is 4.60. The molecule has 0 radical (unpaired) electrons. The lowest BCUT2D eigenvalue weighted by Gasteiger charge is -2.20. The van der Waals surface area contributed by atoms with Crippen molar-refractivity contribution in [2.75, 3.05) is 7.11 Å². The lowest BCUT2D eigenvalue weighted by atomic mass is 10.0. The third kappa shape index (κ3) is 3.91. The molecule has 8 heteroatoms. The van der Waals surface area contributed by atoms with Crippen LogP contribution in [0.5, 0.6) is 0 Å². The molecule has 1 aromatic rings. The Bertz CT molecular complexity index is 557. The molecule has 0 aliphatic heterocycles. The van der Waals surface area contributed by atoms with Gasteiger partial charge in [-0.05, 0) is 18.1 Å². The van der Waals surface area contributed by atoms with Gasteiger partial charge < -0.3 is 21.0 Å². The fourth-order valence-corrected chi connectivity index (χ4v) is 1.68. The van der Waals surface area contributed by atoms with Gasteiger partial charge in [-0.1, -0.05) is 19.0 Å². The van der Waals surface area contributed by atoms with E-state index in [2.05, 4.69) is 20.2 Å². The monoisotopic (exact) mass is 294 g/mol. The summed E-state index contributed by atoms with van der Waals surface area (Å²) in [6.07, 6.45) is 1.41. The van der Waals surface area contributed by atoms with Crippen LogP contribution in [0.15, 0.2) is 23.5 Å². The van der Waals surface area contributed by atoms with Gasteiger partial charge in [0.2, 0.25) is 0 Å². The van der Waals surface area contributed by atoms with Gasteiger partial charge in [-0.15, -0.1) is 0 Å². The van der Waals surface area contributed by atoms with E-state index in [4.69, 9.17) is 10.9 Å². The molecule has 0 aromatic carbocycles. The molecule has 1 amide bonds. The SMILES string of the molecule is COC(=O)[C@@H](NC(=O)c1cccnc1/C(N)=N/O)C(C)C. The Balaban J connectivity index is 3.07. The van der Waals surface area contributed by atoms with Gasteiger partial charge in [-0.25, -0.2) is 4.79 Å². The fourth-order valence-electron chi connectivity index (χ4n) is 1.68. The zero-order valence-corrected chi connectivity index (χ0v) is 12.0. The molecule has 8 nitrogen and oxygen atoms in total. The molecule has 4 N–H and O–H groups in total. The molecule has 1 rings (SSSR count). The predicted octanol–water partition coefficient (Wildman–Crippen LogP) is 0.103. The van der Waals surface area contributed by atoms with Gasteiger partial charge in [-0.2, -0.15) is 0 Å². The molecule has 0 saturated heterocycles. The van der Waals surface area contributed by atoms with Gasteiger partial charge in [0.05, 0.1) is 12.7 Å². The van der Waals surface area contributed by atoms with Crippen LogP contribution in [0.2, 0.25) is 0 Å².